The molecule has 0 saturated heterocycles. The number of benzene rings is 2. The van der Waals surface area contributed by atoms with E-state index in [0.29, 0.717) is 11.4 Å². The van der Waals surface area contributed by atoms with Crippen LogP contribution in [0.4, 0.5) is 21.5 Å². The Labute approximate surface area is 122 Å². The Hall–Kier alpha value is -2.56. The summed E-state index contributed by atoms with van der Waals surface area (Å²) in [5.41, 5.74) is 8.79. The lowest BCUT2D eigenvalue weighted by Crippen LogP contribution is -2.32. The van der Waals surface area contributed by atoms with Gasteiger partial charge in [-0.15, -0.1) is 0 Å². The van der Waals surface area contributed by atoms with E-state index in [2.05, 4.69) is 5.32 Å². The summed E-state index contributed by atoms with van der Waals surface area (Å²) >= 11 is 0. The molecule has 0 unspecified atom stereocenters. The Bertz CT molecular complexity index is 687. The van der Waals surface area contributed by atoms with Crippen molar-refractivity contribution in [1.29, 1.82) is 0 Å². The number of rotatable bonds is 3. The molecule has 0 spiro atoms. The molecule has 1 amide bonds. The van der Waals surface area contributed by atoms with Crippen molar-refractivity contribution >= 4 is 23.0 Å². The number of fused-ring (bicyclic) bond motifs is 1. The first-order valence-electron chi connectivity index (χ1n) is 6.81. The normalized spacial score (nSPS) is 13.1. The molecule has 3 rings (SSSR count). The van der Waals surface area contributed by atoms with Crippen LogP contribution in [0.25, 0.3) is 0 Å². The second-order valence-electron chi connectivity index (χ2n) is 5.08. The first-order chi connectivity index (χ1) is 10.1. The number of nitrogens with zero attached hydrogens (tertiary/aromatic N) is 1. The number of nitrogen functional groups attached to an aromatic ring is 1. The van der Waals surface area contributed by atoms with Crippen molar-refractivity contribution in [3.05, 3.63) is 53.8 Å². The predicted molar refractivity (Wildman–Crippen MR) is 81.8 cm³/mol. The first-order valence-corrected chi connectivity index (χ1v) is 6.81. The van der Waals surface area contributed by atoms with Gasteiger partial charge in [0, 0.05) is 12.2 Å². The standard InChI is InChI=1S/C16H16FN3O/c17-12-6-5-11-7-8-20(15(11)9-12)10-16(21)19-14-4-2-1-3-13(14)18/h1-6,9H,7-8,10,18H2,(H,19,21). The Balaban J connectivity index is 1.70. The molecule has 4 nitrogen and oxygen atoms in total. The van der Waals surface area contributed by atoms with E-state index in [1.54, 1.807) is 18.2 Å². The van der Waals surface area contributed by atoms with Gasteiger partial charge >= 0.3 is 0 Å². The van der Waals surface area contributed by atoms with Crippen LogP contribution >= 0.6 is 0 Å². The minimum atomic E-state index is -0.284. The van der Waals surface area contributed by atoms with Crippen LogP contribution in [-0.4, -0.2) is 19.0 Å². The minimum absolute atomic E-state index is 0.162. The monoisotopic (exact) mass is 285 g/mol. The lowest BCUT2D eigenvalue weighted by atomic mass is 10.2. The summed E-state index contributed by atoms with van der Waals surface area (Å²) in [6.07, 6.45) is 0.830. The largest absolute Gasteiger partial charge is 0.397 e. The number of anilines is 3. The second-order valence-corrected chi connectivity index (χ2v) is 5.08. The zero-order chi connectivity index (χ0) is 14.8. The van der Waals surface area contributed by atoms with Crippen LogP contribution in [-0.2, 0) is 11.2 Å². The van der Waals surface area contributed by atoms with Crippen molar-refractivity contribution in [3.8, 4) is 0 Å². The van der Waals surface area contributed by atoms with E-state index >= 15 is 0 Å². The number of carbonyl (C=O) groups excluding carboxylic acids is 1. The van der Waals surface area contributed by atoms with Crippen LogP contribution in [0.1, 0.15) is 5.56 Å². The minimum Gasteiger partial charge on any atom is -0.397 e. The van der Waals surface area contributed by atoms with Gasteiger partial charge in [0.05, 0.1) is 17.9 Å². The van der Waals surface area contributed by atoms with Crippen molar-refractivity contribution in [1.82, 2.24) is 0 Å². The van der Waals surface area contributed by atoms with Gasteiger partial charge in [-0.1, -0.05) is 18.2 Å². The molecule has 2 aromatic rings. The molecule has 3 N–H and O–H groups in total. The number of carbonyl (C=O) groups is 1. The van der Waals surface area contributed by atoms with Crippen LogP contribution in [0.2, 0.25) is 0 Å². The molecule has 5 heteroatoms. The fraction of sp³-hybridized carbons (Fsp3) is 0.188. The van der Waals surface area contributed by atoms with Gasteiger partial charge in [0.1, 0.15) is 5.82 Å². The lowest BCUT2D eigenvalue weighted by Gasteiger charge is -2.19. The van der Waals surface area contributed by atoms with Crippen LogP contribution in [0.15, 0.2) is 42.5 Å². The van der Waals surface area contributed by atoms with E-state index in [0.717, 1.165) is 24.2 Å². The van der Waals surface area contributed by atoms with Gasteiger partial charge in [0.2, 0.25) is 5.91 Å². The molecule has 21 heavy (non-hydrogen) atoms. The van der Waals surface area contributed by atoms with Crippen molar-refractivity contribution in [3.63, 3.8) is 0 Å². The van der Waals surface area contributed by atoms with E-state index in [1.165, 1.54) is 12.1 Å². The molecule has 0 saturated carbocycles. The van der Waals surface area contributed by atoms with Crippen LogP contribution in [0, 0.1) is 5.82 Å². The lowest BCUT2D eigenvalue weighted by molar-refractivity contribution is -0.115. The van der Waals surface area contributed by atoms with Gasteiger partial charge in [-0.2, -0.15) is 0 Å². The van der Waals surface area contributed by atoms with Gasteiger partial charge in [-0.25, -0.2) is 4.39 Å². The molecule has 108 valence electrons. The van der Waals surface area contributed by atoms with E-state index < -0.39 is 0 Å². The molecule has 0 aromatic heterocycles. The maximum absolute atomic E-state index is 13.3. The third kappa shape index (κ3) is 2.81. The third-order valence-electron chi connectivity index (χ3n) is 3.61. The topological polar surface area (TPSA) is 58.4 Å². The Kier molecular flexibility index (Phi) is 3.48. The molecule has 0 fully saturated rings. The zero-order valence-corrected chi connectivity index (χ0v) is 11.5. The van der Waals surface area contributed by atoms with Gasteiger partial charge in [-0.05, 0) is 36.2 Å². The van der Waals surface area contributed by atoms with Crippen molar-refractivity contribution in [2.24, 2.45) is 0 Å². The molecule has 1 heterocycles. The summed E-state index contributed by atoms with van der Waals surface area (Å²) in [6.45, 7) is 0.904. The Morgan fingerprint density at radius 1 is 1.29 bits per heavy atom. The van der Waals surface area contributed by atoms with Gasteiger partial charge < -0.3 is 16.0 Å². The second kappa shape index (κ2) is 5.44. The molecule has 1 aliphatic rings. The fourth-order valence-corrected chi connectivity index (χ4v) is 2.56. The molecule has 0 aliphatic carbocycles. The molecule has 2 aromatic carbocycles. The number of nitrogens with one attached hydrogen (secondary N) is 1. The van der Waals surface area contributed by atoms with E-state index in [-0.39, 0.29) is 18.3 Å². The molecule has 1 aliphatic heterocycles. The molecule has 0 radical (unpaired) electrons. The van der Waals surface area contributed by atoms with Crippen molar-refractivity contribution < 1.29 is 9.18 Å². The number of halogens is 1. The number of hydrogen-bond donors (Lipinski definition) is 2. The average Bonchev–Trinajstić information content (AvgIpc) is 2.84. The van der Waals surface area contributed by atoms with E-state index in [9.17, 15) is 9.18 Å². The summed E-state index contributed by atoms with van der Waals surface area (Å²) in [5.74, 6) is -0.446. The van der Waals surface area contributed by atoms with Crippen molar-refractivity contribution in [2.75, 3.05) is 29.0 Å². The maximum atomic E-state index is 13.3. The van der Waals surface area contributed by atoms with E-state index in [1.807, 2.05) is 17.0 Å². The summed E-state index contributed by atoms with van der Waals surface area (Å²) in [5, 5.41) is 2.78. The number of amides is 1. The summed E-state index contributed by atoms with van der Waals surface area (Å²) in [7, 11) is 0. The Morgan fingerprint density at radius 2 is 2.10 bits per heavy atom. The van der Waals surface area contributed by atoms with Gasteiger partial charge in [0.25, 0.3) is 0 Å². The summed E-state index contributed by atoms with van der Waals surface area (Å²) in [6, 6.07) is 11.8. The van der Waals surface area contributed by atoms with Crippen LogP contribution in [0.5, 0.6) is 0 Å². The van der Waals surface area contributed by atoms with Gasteiger partial charge in [0.15, 0.2) is 0 Å². The molecule has 0 atom stereocenters. The summed E-state index contributed by atoms with van der Waals surface area (Å²) < 4.78 is 13.3. The highest BCUT2D eigenvalue weighted by Gasteiger charge is 2.21. The third-order valence-corrected chi connectivity index (χ3v) is 3.61. The SMILES string of the molecule is Nc1ccccc1NC(=O)CN1CCc2ccc(F)cc21. The fourth-order valence-electron chi connectivity index (χ4n) is 2.56. The molecular formula is C16H16FN3O. The van der Waals surface area contributed by atoms with Crippen molar-refractivity contribution in [2.45, 2.75) is 6.42 Å². The quantitative estimate of drug-likeness (QED) is 0.851. The molecular weight excluding hydrogens is 269 g/mol. The molecule has 0 bridgehead atoms. The maximum Gasteiger partial charge on any atom is 0.243 e. The highest BCUT2D eigenvalue weighted by atomic mass is 19.1. The van der Waals surface area contributed by atoms with E-state index in [4.69, 9.17) is 5.73 Å². The zero-order valence-electron chi connectivity index (χ0n) is 11.5. The number of para-hydroxylation sites is 2. The number of nitrogens with two attached hydrogens (primary N) is 1. The van der Waals surface area contributed by atoms with Gasteiger partial charge in [-0.3, -0.25) is 4.79 Å². The highest BCUT2D eigenvalue weighted by Crippen LogP contribution is 2.28. The predicted octanol–water partition coefficient (Wildman–Crippen LogP) is 2.41. The number of hydrogen-bond acceptors (Lipinski definition) is 3. The first kappa shape index (κ1) is 13.4. The summed E-state index contributed by atoms with van der Waals surface area (Å²) in [4.78, 5) is 14.0. The smallest absolute Gasteiger partial charge is 0.243 e. The Morgan fingerprint density at radius 3 is 2.90 bits per heavy atom. The average molecular weight is 285 g/mol. The highest BCUT2D eigenvalue weighted by molar-refractivity contribution is 5.96. The van der Waals surface area contributed by atoms with Crippen LogP contribution < -0.4 is 16.0 Å². The van der Waals surface area contributed by atoms with Crippen LogP contribution in [0.3, 0.4) is 0 Å².